The number of methoxy groups -OCH3 is 1. The Kier molecular flexibility index (Phi) is 4.58. The van der Waals surface area contributed by atoms with Crippen LogP contribution >= 0.6 is 0 Å². The monoisotopic (exact) mass is 285 g/mol. The highest BCUT2D eigenvalue weighted by atomic mass is 16.5. The molecule has 0 radical (unpaired) electrons. The molecule has 0 unspecified atom stereocenters. The van der Waals surface area contributed by atoms with E-state index in [0.717, 1.165) is 22.9 Å². The molecule has 0 atom stereocenters. The van der Waals surface area contributed by atoms with Gasteiger partial charge in [-0.3, -0.25) is 4.79 Å². The van der Waals surface area contributed by atoms with Crippen LogP contribution in [-0.4, -0.2) is 18.1 Å². The summed E-state index contributed by atoms with van der Waals surface area (Å²) in [5.74, 6) is -0.419. The number of aromatic amines is 1. The second-order valence-electron chi connectivity index (χ2n) is 4.92. The predicted molar refractivity (Wildman–Crippen MR) is 83.5 cm³/mol. The average molecular weight is 285 g/mol. The van der Waals surface area contributed by atoms with Gasteiger partial charge in [0.05, 0.1) is 7.11 Å². The third kappa shape index (κ3) is 3.21. The Morgan fingerprint density at radius 1 is 1.38 bits per heavy atom. The molecule has 0 spiro atoms. The van der Waals surface area contributed by atoms with Gasteiger partial charge in [0.15, 0.2) is 0 Å². The van der Waals surface area contributed by atoms with Crippen LogP contribution < -0.4 is 5.56 Å². The summed E-state index contributed by atoms with van der Waals surface area (Å²) in [6.07, 6.45) is 4.32. The molecule has 0 amide bonds. The molecule has 4 heteroatoms. The molecular weight excluding hydrogens is 266 g/mol. The molecule has 1 heterocycles. The summed E-state index contributed by atoms with van der Waals surface area (Å²) in [4.78, 5) is 26.2. The summed E-state index contributed by atoms with van der Waals surface area (Å²) >= 11 is 0. The molecule has 1 aromatic heterocycles. The maximum atomic E-state index is 12.2. The number of H-pyrrole nitrogens is 1. The van der Waals surface area contributed by atoms with Crippen molar-refractivity contribution in [2.45, 2.75) is 26.7 Å². The molecule has 2 rings (SSSR count). The van der Waals surface area contributed by atoms with Crippen LogP contribution in [-0.2, 0) is 22.4 Å². The van der Waals surface area contributed by atoms with E-state index in [0.29, 0.717) is 12.0 Å². The van der Waals surface area contributed by atoms with Gasteiger partial charge in [-0.2, -0.15) is 0 Å². The van der Waals surface area contributed by atoms with Crippen molar-refractivity contribution in [3.05, 3.63) is 57.4 Å². The SMILES string of the molecule is CCc1ccc2c(C)c(C/C=C/C(=O)OC)c(=O)[nH]c2c1. The van der Waals surface area contributed by atoms with Crippen LogP contribution in [0.5, 0.6) is 0 Å². The average Bonchev–Trinajstić information content (AvgIpc) is 2.49. The molecule has 1 N–H and O–H groups in total. The number of rotatable bonds is 4. The van der Waals surface area contributed by atoms with Gasteiger partial charge in [-0.25, -0.2) is 4.79 Å². The predicted octanol–water partition coefficient (Wildman–Crippen LogP) is 2.67. The largest absolute Gasteiger partial charge is 0.466 e. The lowest BCUT2D eigenvalue weighted by Gasteiger charge is -2.08. The number of ether oxygens (including phenoxy) is 1. The molecule has 0 aliphatic rings. The van der Waals surface area contributed by atoms with Gasteiger partial charge in [-0.15, -0.1) is 0 Å². The lowest BCUT2D eigenvalue weighted by atomic mass is 10.0. The number of nitrogens with one attached hydrogen (secondary N) is 1. The van der Waals surface area contributed by atoms with Crippen molar-refractivity contribution in [2.75, 3.05) is 7.11 Å². The summed E-state index contributed by atoms with van der Waals surface area (Å²) in [6, 6.07) is 6.12. The third-order valence-electron chi connectivity index (χ3n) is 3.65. The molecule has 1 aromatic carbocycles. The van der Waals surface area contributed by atoms with E-state index in [1.165, 1.54) is 18.7 Å². The van der Waals surface area contributed by atoms with E-state index < -0.39 is 5.97 Å². The van der Waals surface area contributed by atoms with E-state index in [-0.39, 0.29) is 5.56 Å². The van der Waals surface area contributed by atoms with Crippen molar-refractivity contribution < 1.29 is 9.53 Å². The Bertz CT molecular complexity index is 756. The maximum absolute atomic E-state index is 12.2. The normalized spacial score (nSPS) is 11.2. The number of aryl methyl sites for hydroxylation is 2. The summed E-state index contributed by atoms with van der Waals surface area (Å²) < 4.78 is 4.53. The number of aromatic nitrogens is 1. The van der Waals surface area contributed by atoms with Crippen molar-refractivity contribution in [2.24, 2.45) is 0 Å². The molecule has 0 aliphatic carbocycles. The molecule has 0 fully saturated rings. The van der Waals surface area contributed by atoms with Crippen LogP contribution in [0.1, 0.15) is 23.6 Å². The Morgan fingerprint density at radius 3 is 2.81 bits per heavy atom. The molecular formula is C17H19NO3. The minimum absolute atomic E-state index is 0.109. The number of hydrogen-bond acceptors (Lipinski definition) is 3. The second-order valence-corrected chi connectivity index (χ2v) is 4.92. The minimum atomic E-state index is -0.419. The summed E-state index contributed by atoms with van der Waals surface area (Å²) in [5.41, 5.74) is 3.56. The van der Waals surface area contributed by atoms with Gasteiger partial charge in [-0.1, -0.05) is 25.1 Å². The highest BCUT2D eigenvalue weighted by molar-refractivity contribution is 5.84. The first kappa shape index (κ1) is 15.0. The van der Waals surface area contributed by atoms with Crippen LogP contribution in [0.2, 0.25) is 0 Å². The van der Waals surface area contributed by atoms with Crippen LogP contribution in [0.25, 0.3) is 10.9 Å². The fourth-order valence-corrected chi connectivity index (χ4v) is 2.36. The molecule has 4 nitrogen and oxygen atoms in total. The van der Waals surface area contributed by atoms with Crippen molar-refractivity contribution in [3.8, 4) is 0 Å². The number of benzene rings is 1. The van der Waals surface area contributed by atoms with Gasteiger partial charge in [-0.05, 0) is 37.0 Å². The van der Waals surface area contributed by atoms with Crippen LogP contribution in [0.15, 0.2) is 35.1 Å². The van der Waals surface area contributed by atoms with Crippen molar-refractivity contribution in [1.82, 2.24) is 4.98 Å². The first-order valence-electron chi connectivity index (χ1n) is 6.95. The van der Waals surface area contributed by atoms with E-state index in [2.05, 4.69) is 22.7 Å². The number of hydrogen-bond donors (Lipinski definition) is 1. The fraction of sp³-hybridized carbons (Fsp3) is 0.294. The molecule has 110 valence electrons. The summed E-state index contributed by atoms with van der Waals surface area (Å²) in [5, 5.41) is 1.04. The molecule has 0 saturated heterocycles. The Balaban J connectivity index is 2.44. The van der Waals surface area contributed by atoms with Crippen LogP contribution in [0.4, 0.5) is 0 Å². The van der Waals surface area contributed by atoms with Crippen molar-refractivity contribution >= 4 is 16.9 Å². The van der Waals surface area contributed by atoms with Gasteiger partial charge in [0.2, 0.25) is 0 Å². The molecule has 2 aromatic rings. The molecule has 0 saturated carbocycles. The van der Waals surface area contributed by atoms with Crippen molar-refractivity contribution in [3.63, 3.8) is 0 Å². The maximum Gasteiger partial charge on any atom is 0.330 e. The van der Waals surface area contributed by atoms with Gasteiger partial charge in [0, 0.05) is 22.5 Å². The topological polar surface area (TPSA) is 59.2 Å². The number of fused-ring (bicyclic) bond motifs is 1. The number of carbonyl (C=O) groups excluding carboxylic acids is 1. The van der Waals surface area contributed by atoms with E-state index in [1.807, 2.05) is 19.1 Å². The smallest absolute Gasteiger partial charge is 0.330 e. The Hall–Kier alpha value is -2.36. The van der Waals surface area contributed by atoms with Gasteiger partial charge < -0.3 is 9.72 Å². The second kappa shape index (κ2) is 6.39. The molecule has 0 aliphatic heterocycles. The highest BCUT2D eigenvalue weighted by Crippen LogP contribution is 2.19. The quantitative estimate of drug-likeness (QED) is 0.694. The summed E-state index contributed by atoms with van der Waals surface area (Å²) in [6.45, 7) is 4.02. The van der Waals surface area contributed by atoms with Crippen LogP contribution in [0.3, 0.4) is 0 Å². The zero-order chi connectivity index (χ0) is 15.4. The number of carbonyl (C=O) groups is 1. The number of pyridine rings is 1. The van der Waals surface area contributed by atoms with E-state index in [9.17, 15) is 9.59 Å². The van der Waals surface area contributed by atoms with Gasteiger partial charge >= 0.3 is 5.97 Å². The van der Waals surface area contributed by atoms with Gasteiger partial charge in [0.1, 0.15) is 0 Å². The van der Waals surface area contributed by atoms with Crippen LogP contribution in [0, 0.1) is 6.92 Å². The Morgan fingerprint density at radius 2 is 2.14 bits per heavy atom. The molecule has 21 heavy (non-hydrogen) atoms. The molecule has 0 bridgehead atoms. The van der Waals surface area contributed by atoms with E-state index >= 15 is 0 Å². The summed E-state index contributed by atoms with van der Waals surface area (Å²) in [7, 11) is 1.33. The lowest BCUT2D eigenvalue weighted by molar-refractivity contribution is -0.134. The highest BCUT2D eigenvalue weighted by Gasteiger charge is 2.08. The van der Waals surface area contributed by atoms with Crippen molar-refractivity contribution in [1.29, 1.82) is 0 Å². The number of esters is 1. The minimum Gasteiger partial charge on any atom is -0.466 e. The zero-order valence-corrected chi connectivity index (χ0v) is 12.5. The number of allylic oxidation sites excluding steroid dienone is 1. The standard InChI is InChI=1S/C17H19NO3/c1-4-12-8-9-13-11(2)14(6-5-7-16(19)21-3)17(20)18-15(13)10-12/h5,7-10H,4,6H2,1-3H3,(H,18,20)/b7-5+. The van der Waals surface area contributed by atoms with Gasteiger partial charge in [0.25, 0.3) is 5.56 Å². The van der Waals surface area contributed by atoms with E-state index in [4.69, 9.17) is 0 Å². The zero-order valence-electron chi connectivity index (χ0n) is 12.5. The fourth-order valence-electron chi connectivity index (χ4n) is 2.36. The lowest BCUT2D eigenvalue weighted by Crippen LogP contribution is -2.14. The first-order chi connectivity index (χ1) is 10.1. The Labute approximate surface area is 123 Å². The third-order valence-corrected chi connectivity index (χ3v) is 3.65. The van der Waals surface area contributed by atoms with E-state index in [1.54, 1.807) is 6.08 Å². The first-order valence-corrected chi connectivity index (χ1v) is 6.95.